The van der Waals surface area contributed by atoms with Crippen LogP contribution in [-0.2, 0) is 20.7 Å². The van der Waals surface area contributed by atoms with Crippen LogP contribution in [0.4, 0.5) is 4.39 Å². The predicted octanol–water partition coefficient (Wildman–Crippen LogP) is 3.63. The minimum atomic E-state index is -1.45. The smallest absolute Gasteiger partial charge is 0.311 e. The highest BCUT2D eigenvalue weighted by Gasteiger charge is 2.36. The van der Waals surface area contributed by atoms with E-state index < -0.39 is 35.8 Å². The van der Waals surface area contributed by atoms with Crippen molar-refractivity contribution in [2.45, 2.75) is 25.8 Å². The maximum Gasteiger partial charge on any atom is 0.311 e. The Morgan fingerprint density at radius 2 is 1.97 bits per heavy atom. The lowest BCUT2D eigenvalue weighted by molar-refractivity contribution is -0.151. The molecule has 2 atom stereocenters. The number of carboxylic acid groups (broad SMARTS) is 1. The molecule has 1 aliphatic heterocycles. The number of hydrogen-bond acceptors (Lipinski definition) is 5. The average Bonchev–Trinajstić information content (AvgIpc) is 3.30. The SMILES string of the molecule is COC1=CC(C(=O)N[C@H](Cc2ccc(-c3cc(Cl)ccc3F)cc2)C[C@@](C)(CO)C(=O)O)=NC1. The van der Waals surface area contributed by atoms with E-state index >= 15 is 0 Å². The molecule has 1 amide bonds. The van der Waals surface area contributed by atoms with Gasteiger partial charge in [-0.1, -0.05) is 35.9 Å². The largest absolute Gasteiger partial charge is 0.499 e. The number of ether oxygens (including phenoxy) is 1. The van der Waals surface area contributed by atoms with Crippen LogP contribution in [0.25, 0.3) is 11.1 Å². The van der Waals surface area contributed by atoms with Crippen LogP contribution in [0.1, 0.15) is 18.9 Å². The minimum absolute atomic E-state index is 0.0105. The fourth-order valence-electron chi connectivity index (χ4n) is 3.69. The van der Waals surface area contributed by atoms with Crippen LogP contribution in [0, 0.1) is 11.2 Å². The van der Waals surface area contributed by atoms with E-state index in [-0.39, 0.29) is 18.7 Å². The Bertz CT molecular complexity index is 1130. The molecule has 0 aliphatic carbocycles. The summed E-state index contributed by atoms with van der Waals surface area (Å²) in [5.74, 6) is -1.47. The number of nitrogens with one attached hydrogen (secondary N) is 1. The van der Waals surface area contributed by atoms with E-state index in [9.17, 15) is 24.2 Å². The third-order valence-corrected chi connectivity index (χ3v) is 6.01. The van der Waals surface area contributed by atoms with Gasteiger partial charge in [0.15, 0.2) is 0 Å². The zero-order chi connectivity index (χ0) is 24.9. The second kappa shape index (κ2) is 10.8. The lowest BCUT2D eigenvalue weighted by atomic mass is 9.82. The lowest BCUT2D eigenvalue weighted by Crippen LogP contribution is -2.45. The fraction of sp³-hybridized carbons (Fsp3) is 0.320. The van der Waals surface area contributed by atoms with Crippen LogP contribution < -0.4 is 5.32 Å². The Morgan fingerprint density at radius 3 is 2.56 bits per heavy atom. The van der Waals surface area contributed by atoms with Crippen molar-refractivity contribution in [1.82, 2.24) is 5.32 Å². The molecule has 0 saturated heterocycles. The molecule has 1 aliphatic rings. The first kappa shape index (κ1) is 25.4. The molecule has 0 fully saturated rings. The highest BCUT2D eigenvalue weighted by atomic mass is 35.5. The number of carboxylic acids is 1. The Balaban J connectivity index is 1.81. The van der Waals surface area contributed by atoms with E-state index in [0.717, 1.165) is 5.56 Å². The van der Waals surface area contributed by atoms with Crippen molar-refractivity contribution in [3.63, 3.8) is 0 Å². The molecule has 0 radical (unpaired) electrons. The van der Waals surface area contributed by atoms with Crippen LogP contribution in [0.2, 0.25) is 5.02 Å². The summed E-state index contributed by atoms with van der Waals surface area (Å²) in [4.78, 5) is 28.6. The Morgan fingerprint density at radius 1 is 1.26 bits per heavy atom. The van der Waals surface area contributed by atoms with E-state index in [1.54, 1.807) is 30.3 Å². The standard InChI is InChI=1S/C25H26ClFN2O5/c1-25(14-30,24(32)33)12-18(29-23(31)22-11-19(34-2)13-28-22)9-15-3-5-16(6-4-15)20-10-17(26)7-8-21(20)27/h3-8,10-11,18,30H,9,12-14H2,1-2H3,(H,29,31)(H,32,33)/t18-,25+/m1/s1. The van der Waals surface area contributed by atoms with Crippen molar-refractivity contribution in [1.29, 1.82) is 0 Å². The summed E-state index contributed by atoms with van der Waals surface area (Å²) >= 11 is 5.99. The van der Waals surface area contributed by atoms with Gasteiger partial charge in [0.25, 0.3) is 5.91 Å². The summed E-state index contributed by atoms with van der Waals surface area (Å²) in [6.45, 7) is 1.10. The molecule has 0 aromatic heterocycles. The van der Waals surface area contributed by atoms with Crippen LogP contribution in [0.15, 0.2) is 59.3 Å². The molecule has 9 heteroatoms. The average molecular weight is 489 g/mol. The highest BCUT2D eigenvalue weighted by Crippen LogP contribution is 2.28. The molecule has 0 bridgehead atoms. The van der Waals surface area contributed by atoms with Crippen LogP contribution in [-0.4, -0.2) is 54.1 Å². The first-order valence-corrected chi connectivity index (χ1v) is 11.0. The quantitative estimate of drug-likeness (QED) is 0.473. The van der Waals surface area contributed by atoms with Crippen LogP contribution in [0.3, 0.4) is 0 Å². The summed E-state index contributed by atoms with van der Waals surface area (Å²) in [5.41, 5.74) is 0.529. The van der Waals surface area contributed by atoms with Gasteiger partial charge < -0.3 is 20.3 Å². The molecule has 1 heterocycles. The van der Waals surface area contributed by atoms with Gasteiger partial charge >= 0.3 is 5.97 Å². The van der Waals surface area contributed by atoms with Crippen molar-refractivity contribution < 1.29 is 28.9 Å². The third kappa shape index (κ3) is 6.01. The second-order valence-corrected chi connectivity index (χ2v) is 8.88. The summed E-state index contributed by atoms with van der Waals surface area (Å²) in [5, 5.41) is 22.6. The van der Waals surface area contributed by atoms with Crippen molar-refractivity contribution in [2.24, 2.45) is 10.4 Å². The predicted molar refractivity (Wildman–Crippen MR) is 127 cm³/mol. The van der Waals surface area contributed by atoms with Gasteiger partial charge in [0.1, 0.15) is 17.3 Å². The van der Waals surface area contributed by atoms with E-state index in [2.05, 4.69) is 10.3 Å². The number of benzene rings is 2. The number of halogens is 2. The molecule has 34 heavy (non-hydrogen) atoms. The molecule has 2 aromatic carbocycles. The first-order valence-electron chi connectivity index (χ1n) is 10.6. The molecular weight excluding hydrogens is 463 g/mol. The van der Waals surface area contributed by atoms with Gasteiger partial charge in [-0.3, -0.25) is 14.6 Å². The number of carbonyl (C=O) groups is 2. The molecule has 3 N–H and O–H groups in total. The molecule has 0 spiro atoms. The van der Waals surface area contributed by atoms with Crippen molar-refractivity contribution in [2.75, 3.05) is 20.3 Å². The van der Waals surface area contributed by atoms with E-state index in [1.807, 2.05) is 0 Å². The van der Waals surface area contributed by atoms with E-state index in [1.165, 1.54) is 32.2 Å². The second-order valence-electron chi connectivity index (χ2n) is 8.44. The minimum Gasteiger partial charge on any atom is -0.499 e. The number of aliphatic hydroxyl groups excluding tert-OH is 1. The van der Waals surface area contributed by atoms with Gasteiger partial charge in [-0.2, -0.15) is 0 Å². The topological polar surface area (TPSA) is 108 Å². The van der Waals surface area contributed by atoms with Gasteiger partial charge in [0, 0.05) is 22.7 Å². The van der Waals surface area contributed by atoms with Crippen molar-refractivity contribution >= 4 is 29.2 Å². The normalized spacial score (nSPS) is 15.7. The number of nitrogens with zero attached hydrogens (tertiary/aromatic N) is 1. The first-order chi connectivity index (χ1) is 16.1. The lowest BCUT2D eigenvalue weighted by Gasteiger charge is -2.28. The molecule has 0 saturated carbocycles. The zero-order valence-corrected chi connectivity index (χ0v) is 19.6. The Labute approximate surface area is 201 Å². The fourth-order valence-corrected chi connectivity index (χ4v) is 3.86. The molecular formula is C25H26ClFN2O5. The number of aliphatic hydroxyl groups is 1. The number of methoxy groups -OCH3 is 1. The van der Waals surface area contributed by atoms with Crippen LogP contribution in [0.5, 0.6) is 0 Å². The van der Waals surface area contributed by atoms with E-state index in [0.29, 0.717) is 28.3 Å². The molecule has 7 nitrogen and oxygen atoms in total. The summed E-state index contributed by atoms with van der Waals surface area (Å²) < 4.78 is 19.3. The molecule has 3 rings (SSSR count). The molecule has 180 valence electrons. The van der Waals surface area contributed by atoms with Gasteiger partial charge in [-0.15, -0.1) is 0 Å². The Hall–Kier alpha value is -3.23. The van der Waals surface area contributed by atoms with Gasteiger partial charge in [0.2, 0.25) is 0 Å². The number of aliphatic imine (C=N–C) groups is 1. The third-order valence-electron chi connectivity index (χ3n) is 5.77. The molecule has 0 unspecified atom stereocenters. The maximum atomic E-state index is 14.2. The number of rotatable bonds is 10. The molecule has 2 aromatic rings. The van der Waals surface area contributed by atoms with Gasteiger partial charge in [0.05, 0.1) is 25.7 Å². The van der Waals surface area contributed by atoms with Crippen molar-refractivity contribution in [3.05, 3.63) is 70.7 Å². The summed E-state index contributed by atoms with van der Waals surface area (Å²) in [7, 11) is 1.49. The van der Waals surface area contributed by atoms with Crippen molar-refractivity contribution in [3.8, 4) is 11.1 Å². The highest BCUT2D eigenvalue weighted by molar-refractivity contribution is 6.44. The van der Waals surface area contributed by atoms with Gasteiger partial charge in [-0.25, -0.2) is 4.39 Å². The van der Waals surface area contributed by atoms with Crippen LogP contribution >= 0.6 is 11.6 Å². The van der Waals surface area contributed by atoms with E-state index in [4.69, 9.17) is 16.3 Å². The number of aliphatic carboxylic acids is 1. The Kier molecular flexibility index (Phi) is 8.06. The number of hydrogen-bond donors (Lipinski definition) is 3. The number of carbonyl (C=O) groups excluding carboxylic acids is 1. The zero-order valence-electron chi connectivity index (χ0n) is 18.8. The summed E-state index contributed by atoms with van der Waals surface area (Å²) in [6.07, 6.45) is 1.81. The number of amides is 1. The summed E-state index contributed by atoms with van der Waals surface area (Å²) in [6, 6.07) is 10.7. The monoisotopic (exact) mass is 488 g/mol. The maximum absolute atomic E-state index is 14.2. The van der Waals surface area contributed by atoms with Gasteiger partial charge in [-0.05, 0) is 49.1 Å².